The fourth-order valence-corrected chi connectivity index (χ4v) is 2.63. The third-order valence-corrected chi connectivity index (χ3v) is 4.14. The number of hydrogen-bond acceptors (Lipinski definition) is 5. The molecule has 3 rings (SSSR count). The van der Waals surface area contributed by atoms with Crippen LogP contribution in [0, 0.1) is 0 Å². The molecule has 0 saturated carbocycles. The molecule has 0 saturated heterocycles. The van der Waals surface area contributed by atoms with Crippen molar-refractivity contribution in [3.8, 4) is 22.8 Å². The van der Waals surface area contributed by atoms with Gasteiger partial charge in [-0.25, -0.2) is 4.79 Å². The van der Waals surface area contributed by atoms with Gasteiger partial charge in [-0.15, -0.1) is 0 Å². The summed E-state index contributed by atoms with van der Waals surface area (Å²) in [6.07, 6.45) is 5.24. The molecule has 7 nitrogen and oxygen atoms in total. The Labute approximate surface area is 163 Å². The minimum absolute atomic E-state index is 0.258. The second-order valence-corrected chi connectivity index (χ2v) is 6.02. The second kappa shape index (κ2) is 9.36. The van der Waals surface area contributed by atoms with E-state index in [9.17, 15) is 4.79 Å². The lowest BCUT2D eigenvalue weighted by Crippen LogP contribution is -2.34. The number of rotatable bonds is 7. The molecule has 0 radical (unpaired) electrons. The topological polar surface area (TPSA) is 85.4 Å². The van der Waals surface area contributed by atoms with E-state index in [2.05, 4.69) is 20.6 Å². The van der Waals surface area contributed by atoms with E-state index in [1.807, 2.05) is 42.5 Å². The zero-order chi connectivity index (χ0) is 19.8. The molecule has 0 aliphatic heterocycles. The third kappa shape index (κ3) is 4.97. The number of nitrogens with one attached hydrogen (secondary N) is 2. The van der Waals surface area contributed by atoms with E-state index >= 15 is 0 Å². The quantitative estimate of drug-likeness (QED) is 0.660. The van der Waals surface area contributed by atoms with Crippen LogP contribution in [0.3, 0.4) is 0 Å². The number of pyridine rings is 2. The molecule has 7 heteroatoms. The van der Waals surface area contributed by atoms with Crippen molar-refractivity contribution in [3.63, 3.8) is 0 Å². The number of amides is 2. The van der Waals surface area contributed by atoms with Crippen LogP contribution < -0.4 is 20.1 Å². The highest BCUT2D eigenvalue weighted by Crippen LogP contribution is 2.27. The van der Waals surface area contributed by atoms with Crippen LogP contribution in [-0.4, -0.2) is 30.2 Å². The largest absolute Gasteiger partial charge is 0.493 e. The van der Waals surface area contributed by atoms with Crippen LogP contribution in [0.25, 0.3) is 11.3 Å². The van der Waals surface area contributed by atoms with E-state index < -0.39 is 0 Å². The molecule has 0 spiro atoms. The first-order valence-corrected chi connectivity index (χ1v) is 8.77. The summed E-state index contributed by atoms with van der Waals surface area (Å²) < 4.78 is 10.5. The van der Waals surface area contributed by atoms with Gasteiger partial charge in [0, 0.05) is 37.2 Å². The molecule has 2 heterocycles. The van der Waals surface area contributed by atoms with Crippen molar-refractivity contribution in [3.05, 3.63) is 72.2 Å². The average molecular weight is 378 g/mol. The van der Waals surface area contributed by atoms with Crippen LogP contribution in [0.5, 0.6) is 11.5 Å². The van der Waals surface area contributed by atoms with Gasteiger partial charge < -0.3 is 20.1 Å². The van der Waals surface area contributed by atoms with Crippen LogP contribution in [0.4, 0.5) is 4.79 Å². The highest BCUT2D eigenvalue weighted by molar-refractivity contribution is 5.73. The molecule has 2 aromatic heterocycles. The van der Waals surface area contributed by atoms with Crippen molar-refractivity contribution in [1.29, 1.82) is 0 Å². The minimum atomic E-state index is -0.258. The van der Waals surface area contributed by atoms with Crippen molar-refractivity contribution < 1.29 is 14.3 Å². The molecule has 0 bridgehead atoms. The van der Waals surface area contributed by atoms with Gasteiger partial charge in [0.1, 0.15) is 0 Å². The summed E-state index contributed by atoms with van der Waals surface area (Å²) in [5, 5.41) is 5.64. The number of carbonyl (C=O) groups excluding carboxylic acids is 1. The fraction of sp³-hybridized carbons (Fsp3) is 0.190. The molecule has 0 aliphatic carbocycles. The Hall–Kier alpha value is -3.61. The summed E-state index contributed by atoms with van der Waals surface area (Å²) in [7, 11) is 3.16. The van der Waals surface area contributed by atoms with Gasteiger partial charge >= 0.3 is 6.03 Å². The Balaban J connectivity index is 1.49. The lowest BCUT2D eigenvalue weighted by Gasteiger charge is -2.11. The van der Waals surface area contributed by atoms with Gasteiger partial charge in [0.05, 0.1) is 19.9 Å². The maximum Gasteiger partial charge on any atom is 0.315 e. The van der Waals surface area contributed by atoms with Gasteiger partial charge in [0.15, 0.2) is 11.5 Å². The maximum atomic E-state index is 12.0. The number of ether oxygens (including phenoxy) is 2. The first kappa shape index (κ1) is 19.2. The summed E-state index contributed by atoms with van der Waals surface area (Å²) in [4.78, 5) is 20.6. The summed E-state index contributed by atoms with van der Waals surface area (Å²) in [6, 6.07) is 12.9. The van der Waals surface area contributed by atoms with Gasteiger partial charge in [-0.05, 0) is 41.5 Å². The Bertz CT molecular complexity index is 915. The van der Waals surface area contributed by atoms with Crippen LogP contribution in [0.2, 0.25) is 0 Å². The highest BCUT2D eigenvalue weighted by Gasteiger charge is 2.06. The van der Waals surface area contributed by atoms with Gasteiger partial charge in [0.2, 0.25) is 0 Å². The predicted octanol–water partition coefficient (Wildman–Crippen LogP) is 3.16. The van der Waals surface area contributed by atoms with Gasteiger partial charge in [-0.2, -0.15) is 0 Å². The molecule has 0 atom stereocenters. The van der Waals surface area contributed by atoms with E-state index in [1.165, 1.54) is 0 Å². The van der Waals surface area contributed by atoms with Crippen LogP contribution in [-0.2, 0) is 13.1 Å². The number of urea groups is 1. The zero-order valence-corrected chi connectivity index (χ0v) is 15.8. The highest BCUT2D eigenvalue weighted by atomic mass is 16.5. The Morgan fingerprint density at radius 2 is 1.68 bits per heavy atom. The van der Waals surface area contributed by atoms with Crippen LogP contribution >= 0.6 is 0 Å². The molecule has 0 fully saturated rings. The van der Waals surface area contributed by atoms with Gasteiger partial charge in [-0.1, -0.05) is 12.1 Å². The molecular formula is C21H22N4O3. The van der Waals surface area contributed by atoms with Crippen molar-refractivity contribution in [2.75, 3.05) is 14.2 Å². The lowest BCUT2D eigenvalue weighted by atomic mass is 10.1. The zero-order valence-electron chi connectivity index (χ0n) is 15.8. The summed E-state index contributed by atoms with van der Waals surface area (Å²) >= 11 is 0. The van der Waals surface area contributed by atoms with E-state index in [0.29, 0.717) is 24.6 Å². The number of aromatic nitrogens is 2. The lowest BCUT2D eigenvalue weighted by molar-refractivity contribution is 0.240. The number of hydrogen-bond donors (Lipinski definition) is 2. The van der Waals surface area contributed by atoms with E-state index in [-0.39, 0.29) is 6.03 Å². The Morgan fingerprint density at radius 3 is 2.32 bits per heavy atom. The van der Waals surface area contributed by atoms with Gasteiger partial charge in [-0.3, -0.25) is 9.97 Å². The number of methoxy groups -OCH3 is 2. The number of nitrogens with zero attached hydrogens (tertiary/aromatic N) is 2. The Morgan fingerprint density at radius 1 is 0.929 bits per heavy atom. The van der Waals surface area contributed by atoms with Crippen molar-refractivity contribution in [2.45, 2.75) is 13.1 Å². The van der Waals surface area contributed by atoms with E-state index in [0.717, 1.165) is 22.4 Å². The Kier molecular flexibility index (Phi) is 6.41. The SMILES string of the molecule is COc1ccc(CNC(=O)NCc2ccc(-c3cccnc3)nc2)cc1OC. The molecule has 0 aliphatic rings. The normalized spacial score (nSPS) is 10.2. The van der Waals surface area contributed by atoms with Crippen LogP contribution in [0.15, 0.2) is 61.1 Å². The first-order chi connectivity index (χ1) is 13.7. The first-order valence-electron chi connectivity index (χ1n) is 8.77. The maximum absolute atomic E-state index is 12.0. The molecule has 0 unspecified atom stereocenters. The molecule has 28 heavy (non-hydrogen) atoms. The van der Waals surface area contributed by atoms with Crippen molar-refractivity contribution in [2.24, 2.45) is 0 Å². The summed E-state index contributed by atoms with van der Waals surface area (Å²) in [6.45, 7) is 0.766. The number of carbonyl (C=O) groups is 1. The van der Waals surface area contributed by atoms with E-state index in [1.54, 1.807) is 32.8 Å². The molecule has 1 aromatic carbocycles. The van der Waals surface area contributed by atoms with Crippen LogP contribution in [0.1, 0.15) is 11.1 Å². The van der Waals surface area contributed by atoms with Gasteiger partial charge in [0.25, 0.3) is 0 Å². The second-order valence-electron chi connectivity index (χ2n) is 6.02. The van der Waals surface area contributed by atoms with Crippen molar-refractivity contribution in [1.82, 2.24) is 20.6 Å². The molecule has 2 amide bonds. The molecule has 2 N–H and O–H groups in total. The molecule has 144 valence electrons. The minimum Gasteiger partial charge on any atom is -0.493 e. The standard InChI is InChI=1S/C21H22N4O3/c1-27-19-8-6-15(10-20(19)28-2)11-24-21(26)25-13-16-5-7-18(23-12-16)17-4-3-9-22-14-17/h3-10,12,14H,11,13H2,1-2H3,(H2,24,25,26). The smallest absolute Gasteiger partial charge is 0.315 e. The summed E-state index contributed by atoms with van der Waals surface area (Å²) in [5.41, 5.74) is 3.62. The third-order valence-electron chi connectivity index (χ3n) is 4.14. The predicted molar refractivity (Wildman–Crippen MR) is 106 cm³/mol. The monoisotopic (exact) mass is 378 g/mol. The van der Waals surface area contributed by atoms with E-state index in [4.69, 9.17) is 9.47 Å². The average Bonchev–Trinajstić information content (AvgIpc) is 2.77. The summed E-state index contributed by atoms with van der Waals surface area (Å²) in [5.74, 6) is 1.28. The van der Waals surface area contributed by atoms with Crippen molar-refractivity contribution >= 4 is 6.03 Å². The fourth-order valence-electron chi connectivity index (χ4n) is 2.63. The molecule has 3 aromatic rings. The number of benzene rings is 1. The molecular weight excluding hydrogens is 356 g/mol.